The SMILES string of the molecule is COc1ccc([C@H](C(=O)NC2CCCCC2)N(Cc2ccco2)C(=O)Cc2cccs2)c(OC)c1. The molecule has 1 fully saturated rings. The van der Waals surface area contributed by atoms with Crippen molar-refractivity contribution in [2.24, 2.45) is 0 Å². The Kier molecular flexibility index (Phi) is 8.47. The Balaban J connectivity index is 1.73. The van der Waals surface area contributed by atoms with Crippen molar-refractivity contribution in [3.8, 4) is 11.5 Å². The van der Waals surface area contributed by atoms with Crippen molar-refractivity contribution in [3.63, 3.8) is 0 Å². The second-order valence-corrected chi connectivity index (χ2v) is 9.74. The lowest BCUT2D eigenvalue weighted by atomic mass is 9.94. The van der Waals surface area contributed by atoms with Crippen LogP contribution in [0.4, 0.5) is 0 Å². The summed E-state index contributed by atoms with van der Waals surface area (Å²) in [4.78, 5) is 30.1. The molecule has 1 saturated carbocycles. The van der Waals surface area contributed by atoms with Gasteiger partial charge in [-0.2, -0.15) is 0 Å². The summed E-state index contributed by atoms with van der Waals surface area (Å²) in [7, 11) is 3.13. The van der Waals surface area contributed by atoms with Gasteiger partial charge in [0.2, 0.25) is 11.8 Å². The fourth-order valence-electron chi connectivity index (χ4n) is 4.58. The topological polar surface area (TPSA) is 81.0 Å². The molecule has 8 heteroatoms. The van der Waals surface area contributed by atoms with Gasteiger partial charge in [0.25, 0.3) is 0 Å². The molecule has 0 bridgehead atoms. The number of furan rings is 1. The standard InChI is InChI=1S/C27H32N2O5S/c1-32-20-12-13-23(24(16-20)33-2)26(27(31)28-19-8-4-3-5-9-19)29(18-21-10-6-14-34-21)25(30)17-22-11-7-15-35-22/h6-7,10-16,19,26H,3-5,8-9,17-18H2,1-2H3,(H,28,31)/t26-/m1/s1. The maximum Gasteiger partial charge on any atom is 0.247 e. The molecule has 2 heterocycles. The van der Waals surface area contributed by atoms with Gasteiger partial charge < -0.3 is 24.1 Å². The summed E-state index contributed by atoms with van der Waals surface area (Å²) in [6.07, 6.45) is 7.03. The van der Waals surface area contributed by atoms with E-state index in [1.54, 1.807) is 49.6 Å². The number of rotatable bonds is 10. The zero-order valence-electron chi connectivity index (χ0n) is 20.2. The van der Waals surface area contributed by atoms with Gasteiger partial charge in [0.05, 0.1) is 33.4 Å². The Labute approximate surface area is 210 Å². The maximum absolute atomic E-state index is 13.9. The molecule has 1 aliphatic rings. The van der Waals surface area contributed by atoms with Crippen LogP contribution in [-0.4, -0.2) is 37.0 Å². The lowest BCUT2D eigenvalue weighted by Crippen LogP contribution is -2.47. The summed E-state index contributed by atoms with van der Waals surface area (Å²) < 4.78 is 16.6. The predicted molar refractivity (Wildman–Crippen MR) is 135 cm³/mol. The van der Waals surface area contributed by atoms with E-state index in [0.29, 0.717) is 22.8 Å². The monoisotopic (exact) mass is 496 g/mol. The number of hydrogen-bond acceptors (Lipinski definition) is 6. The Morgan fingerprint density at radius 2 is 1.94 bits per heavy atom. The second-order valence-electron chi connectivity index (χ2n) is 8.71. The molecule has 35 heavy (non-hydrogen) atoms. The van der Waals surface area contributed by atoms with Crippen LogP contribution >= 0.6 is 11.3 Å². The summed E-state index contributed by atoms with van der Waals surface area (Å²) in [5.74, 6) is 1.32. The molecule has 4 rings (SSSR count). The highest BCUT2D eigenvalue weighted by Crippen LogP contribution is 2.35. The van der Waals surface area contributed by atoms with Gasteiger partial charge in [0, 0.05) is 22.5 Å². The van der Waals surface area contributed by atoms with Gasteiger partial charge in [0.15, 0.2) is 0 Å². The van der Waals surface area contributed by atoms with Gasteiger partial charge in [-0.3, -0.25) is 9.59 Å². The number of carbonyl (C=O) groups is 2. The van der Waals surface area contributed by atoms with E-state index in [4.69, 9.17) is 13.9 Å². The van der Waals surface area contributed by atoms with Crippen molar-refractivity contribution in [3.05, 3.63) is 70.3 Å². The van der Waals surface area contributed by atoms with Crippen LogP contribution in [0.15, 0.2) is 58.5 Å². The van der Waals surface area contributed by atoms with E-state index >= 15 is 0 Å². The summed E-state index contributed by atoms with van der Waals surface area (Å²) >= 11 is 1.52. The average Bonchev–Trinajstić information content (AvgIpc) is 3.59. The number of hydrogen-bond donors (Lipinski definition) is 1. The average molecular weight is 497 g/mol. The molecule has 3 aromatic rings. The summed E-state index contributed by atoms with van der Waals surface area (Å²) in [6.45, 7) is 0.162. The highest BCUT2D eigenvalue weighted by atomic mass is 32.1. The minimum absolute atomic E-state index is 0.0980. The zero-order chi connectivity index (χ0) is 24.6. The fourth-order valence-corrected chi connectivity index (χ4v) is 5.28. The summed E-state index contributed by atoms with van der Waals surface area (Å²) in [5, 5.41) is 5.17. The molecule has 0 radical (unpaired) electrons. The van der Waals surface area contributed by atoms with Gasteiger partial charge >= 0.3 is 0 Å². The number of thiophene rings is 1. The molecule has 0 aliphatic heterocycles. The highest BCUT2D eigenvalue weighted by Gasteiger charge is 2.35. The predicted octanol–water partition coefficient (Wildman–Crippen LogP) is 5.12. The molecular formula is C27H32N2O5S. The Morgan fingerprint density at radius 1 is 1.11 bits per heavy atom. The number of nitrogens with zero attached hydrogens (tertiary/aromatic N) is 1. The molecule has 2 aromatic heterocycles. The van der Waals surface area contributed by atoms with Crippen molar-refractivity contribution in [2.45, 2.75) is 57.2 Å². The first-order valence-electron chi connectivity index (χ1n) is 12.0. The van der Waals surface area contributed by atoms with Crippen molar-refractivity contribution < 1.29 is 23.5 Å². The summed E-state index contributed by atoms with van der Waals surface area (Å²) in [6, 6.07) is 12.0. The largest absolute Gasteiger partial charge is 0.497 e. The third-order valence-corrected chi connectivity index (χ3v) is 7.26. The minimum Gasteiger partial charge on any atom is -0.497 e. The van der Waals surface area contributed by atoms with E-state index in [-0.39, 0.29) is 30.8 Å². The lowest BCUT2D eigenvalue weighted by molar-refractivity contribution is -0.141. The van der Waals surface area contributed by atoms with Gasteiger partial charge in [-0.05, 0) is 48.6 Å². The molecule has 1 atom stereocenters. The van der Waals surface area contributed by atoms with Crippen LogP contribution in [0, 0.1) is 0 Å². The first kappa shape index (κ1) is 24.9. The quantitative estimate of drug-likeness (QED) is 0.421. The Morgan fingerprint density at radius 3 is 2.60 bits per heavy atom. The van der Waals surface area contributed by atoms with E-state index in [0.717, 1.165) is 30.6 Å². The molecule has 0 saturated heterocycles. The number of carbonyl (C=O) groups excluding carboxylic acids is 2. The van der Waals surface area contributed by atoms with Gasteiger partial charge in [-0.15, -0.1) is 11.3 Å². The van der Waals surface area contributed by atoms with E-state index in [1.807, 2.05) is 23.6 Å². The number of benzene rings is 1. The van der Waals surface area contributed by atoms with E-state index in [2.05, 4.69) is 5.32 Å². The van der Waals surface area contributed by atoms with Crippen molar-refractivity contribution in [1.82, 2.24) is 10.2 Å². The van der Waals surface area contributed by atoms with Gasteiger partial charge in [0.1, 0.15) is 23.3 Å². The number of methoxy groups -OCH3 is 2. The normalized spacial score (nSPS) is 14.8. The number of nitrogens with one attached hydrogen (secondary N) is 1. The van der Waals surface area contributed by atoms with Crippen LogP contribution in [0.2, 0.25) is 0 Å². The molecule has 7 nitrogen and oxygen atoms in total. The van der Waals surface area contributed by atoms with Crippen LogP contribution < -0.4 is 14.8 Å². The Bertz CT molecular complexity index is 1090. The first-order chi connectivity index (χ1) is 17.1. The molecule has 186 valence electrons. The molecule has 0 spiro atoms. The molecular weight excluding hydrogens is 464 g/mol. The van der Waals surface area contributed by atoms with Crippen LogP contribution in [0.3, 0.4) is 0 Å². The Hall–Kier alpha value is -3.26. The smallest absolute Gasteiger partial charge is 0.247 e. The number of amides is 2. The zero-order valence-corrected chi connectivity index (χ0v) is 21.0. The van der Waals surface area contributed by atoms with Crippen molar-refractivity contribution in [1.29, 1.82) is 0 Å². The molecule has 2 amide bonds. The van der Waals surface area contributed by atoms with Crippen molar-refractivity contribution >= 4 is 23.2 Å². The van der Waals surface area contributed by atoms with Gasteiger partial charge in [-0.25, -0.2) is 0 Å². The fraction of sp³-hybridized carbons (Fsp3) is 0.407. The first-order valence-corrected chi connectivity index (χ1v) is 12.8. The van der Waals surface area contributed by atoms with Gasteiger partial charge in [-0.1, -0.05) is 25.3 Å². The van der Waals surface area contributed by atoms with Crippen LogP contribution in [0.5, 0.6) is 11.5 Å². The van der Waals surface area contributed by atoms with E-state index in [9.17, 15) is 9.59 Å². The molecule has 0 unspecified atom stereocenters. The lowest BCUT2D eigenvalue weighted by Gasteiger charge is -2.33. The third-order valence-electron chi connectivity index (χ3n) is 6.38. The van der Waals surface area contributed by atoms with E-state index < -0.39 is 6.04 Å². The third kappa shape index (κ3) is 6.25. The number of ether oxygens (including phenoxy) is 2. The summed E-state index contributed by atoms with van der Waals surface area (Å²) in [5.41, 5.74) is 0.604. The molecule has 1 N–H and O–H groups in total. The maximum atomic E-state index is 13.9. The molecule has 1 aromatic carbocycles. The minimum atomic E-state index is -0.893. The highest BCUT2D eigenvalue weighted by molar-refractivity contribution is 7.10. The van der Waals surface area contributed by atoms with Crippen LogP contribution in [0.1, 0.15) is 54.3 Å². The van der Waals surface area contributed by atoms with Crippen LogP contribution in [-0.2, 0) is 22.6 Å². The second kappa shape index (κ2) is 11.9. The molecule has 1 aliphatic carbocycles. The van der Waals surface area contributed by atoms with Crippen LogP contribution in [0.25, 0.3) is 0 Å². The van der Waals surface area contributed by atoms with Crippen molar-refractivity contribution in [2.75, 3.05) is 14.2 Å². The van der Waals surface area contributed by atoms with E-state index in [1.165, 1.54) is 17.8 Å².